The lowest BCUT2D eigenvalue weighted by Crippen LogP contribution is -2.43. The van der Waals surface area contributed by atoms with Crippen molar-refractivity contribution in [3.63, 3.8) is 0 Å². The van der Waals surface area contributed by atoms with E-state index in [2.05, 4.69) is 10.9 Å². The summed E-state index contributed by atoms with van der Waals surface area (Å²) in [4.78, 5) is 34.7. The molecule has 0 bridgehead atoms. The molecule has 8 heteroatoms. The molecule has 1 heterocycles. The summed E-state index contributed by atoms with van der Waals surface area (Å²) in [5.41, 5.74) is 5.56. The number of carbonyl (C=O) groups is 3. The fourth-order valence-corrected chi connectivity index (χ4v) is 2.31. The monoisotopic (exact) mass is 364 g/mol. The Hall–Kier alpha value is -2.64. The first-order chi connectivity index (χ1) is 11.5. The molecular weight excluding hydrogens is 352 g/mol. The van der Waals surface area contributed by atoms with Gasteiger partial charge in [0, 0.05) is 16.7 Å². The second kappa shape index (κ2) is 8.85. The van der Waals surface area contributed by atoms with E-state index in [-0.39, 0.29) is 0 Å². The van der Waals surface area contributed by atoms with Gasteiger partial charge in [-0.1, -0.05) is 11.6 Å². The van der Waals surface area contributed by atoms with Crippen LogP contribution in [0.25, 0.3) is 6.08 Å². The molecule has 0 saturated carbocycles. The number of hydrogen-bond acceptors (Lipinski definition) is 5. The van der Waals surface area contributed by atoms with Crippen LogP contribution in [-0.4, -0.2) is 24.4 Å². The lowest BCUT2D eigenvalue weighted by Gasteiger charge is -2.07. The molecule has 2 rings (SSSR count). The molecule has 0 unspecified atom stereocenters. The van der Waals surface area contributed by atoms with Crippen LogP contribution in [0.3, 0.4) is 0 Å². The van der Waals surface area contributed by atoms with Gasteiger partial charge in [-0.25, -0.2) is 4.79 Å². The number of hydrazine groups is 1. The molecule has 0 atom stereocenters. The quantitative estimate of drug-likeness (QED) is 0.485. The zero-order chi connectivity index (χ0) is 17.4. The fraction of sp³-hybridized carbons (Fsp3) is 0.0625. The second-order valence-electron chi connectivity index (χ2n) is 4.51. The number of rotatable bonds is 5. The Balaban J connectivity index is 1.70. The number of hydrogen-bond donors (Lipinski definition) is 2. The Bertz CT molecular complexity index is 742. The van der Waals surface area contributed by atoms with Gasteiger partial charge in [0.25, 0.3) is 11.8 Å². The first-order valence-electron chi connectivity index (χ1n) is 6.76. The van der Waals surface area contributed by atoms with Gasteiger partial charge in [0.2, 0.25) is 0 Å². The molecule has 1 aromatic carbocycles. The van der Waals surface area contributed by atoms with Crippen LogP contribution in [0.1, 0.15) is 15.9 Å². The molecule has 124 valence electrons. The molecule has 2 aromatic rings. The Labute approximate surface area is 147 Å². The van der Waals surface area contributed by atoms with E-state index in [1.165, 1.54) is 29.5 Å². The highest BCUT2D eigenvalue weighted by molar-refractivity contribution is 7.08. The summed E-state index contributed by atoms with van der Waals surface area (Å²) in [5.74, 6) is -1.82. The van der Waals surface area contributed by atoms with Crippen LogP contribution in [0.5, 0.6) is 0 Å². The number of benzene rings is 1. The standard InChI is InChI=1S/C16H13ClN2O4S/c17-13-4-2-12(3-5-13)16(22)19-18-14(20)9-23-15(21)6-1-11-7-8-24-10-11/h1-8,10H,9H2,(H,18,20)(H,19,22)/b6-1+. The van der Waals surface area contributed by atoms with Crippen molar-refractivity contribution >= 4 is 46.8 Å². The molecule has 0 fully saturated rings. The van der Waals surface area contributed by atoms with Gasteiger partial charge < -0.3 is 4.74 Å². The minimum atomic E-state index is -0.658. The predicted molar refractivity (Wildman–Crippen MR) is 91.4 cm³/mol. The lowest BCUT2D eigenvalue weighted by atomic mass is 10.2. The Morgan fingerprint density at radius 2 is 1.88 bits per heavy atom. The minimum absolute atomic E-state index is 0.329. The molecule has 0 saturated heterocycles. The summed E-state index contributed by atoms with van der Waals surface area (Å²) in [6, 6.07) is 7.98. The van der Waals surface area contributed by atoms with Crippen molar-refractivity contribution in [3.8, 4) is 0 Å². The number of carbonyl (C=O) groups excluding carboxylic acids is 3. The summed E-state index contributed by atoms with van der Waals surface area (Å²) < 4.78 is 4.75. The summed E-state index contributed by atoms with van der Waals surface area (Å²) >= 11 is 7.22. The summed E-state index contributed by atoms with van der Waals surface area (Å²) in [6.45, 7) is -0.506. The fourth-order valence-electron chi connectivity index (χ4n) is 1.55. The van der Waals surface area contributed by atoms with Crippen molar-refractivity contribution in [3.05, 3.63) is 63.3 Å². The largest absolute Gasteiger partial charge is 0.452 e. The highest BCUT2D eigenvalue weighted by Gasteiger charge is 2.08. The van der Waals surface area contributed by atoms with E-state index >= 15 is 0 Å². The predicted octanol–water partition coefficient (Wildman–Crippen LogP) is 2.42. The molecule has 2 N–H and O–H groups in total. The highest BCUT2D eigenvalue weighted by Crippen LogP contribution is 2.09. The van der Waals surface area contributed by atoms with Crippen LogP contribution in [0.4, 0.5) is 0 Å². The van der Waals surface area contributed by atoms with E-state index in [4.69, 9.17) is 16.3 Å². The Kier molecular flexibility index (Phi) is 6.53. The average Bonchev–Trinajstić information content (AvgIpc) is 3.10. The van der Waals surface area contributed by atoms with Gasteiger partial charge in [0.05, 0.1) is 0 Å². The zero-order valence-corrected chi connectivity index (χ0v) is 13.9. The van der Waals surface area contributed by atoms with Crippen molar-refractivity contribution in [1.82, 2.24) is 10.9 Å². The minimum Gasteiger partial charge on any atom is -0.452 e. The van der Waals surface area contributed by atoms with Gasteiger partial charge in [-0.05, 0) is 52.7 Å². The van der Waals surface area contributed by atoms with Crippen LogP contribution in [-0.2, 0) is 14.3 Å². The third-order valence-corrected chi connectivity index (χ3v) is 3.68. The van der Waals surface area contributed by atoms with Gasteiger partial charge >= 0.3 is 5.97 Å². The van der Waals surface area contributed by atoms with E-state index in [9.17, 15) is 14.4 Å². The number of nitrogens with one attached hydrogen (secondary N) is 2. The van der Waals surface area contributed by atoms with Crippen LogP contribution in [0.15, 0.2) is 47.2 Å². The van der Waals surface area contributed by atoms with E-state index in [1.54, 1.807) is 18.2 Å². The van der Waals surface area contributed by atoms with E-state index in [0.29, 0.717) is 10.6 Å². The third-order valence-electron chi connectivity index (χ3n) is 2.72. The molecule has 0 spiro atoms. The van der Waals surface area contributed by atoms with E-state index < -0.39 is 24.4 Å². The lowest BCUT2D eigenvalue weighted by molar-refractivity contribution is -0.144. The van der Waals surface area contributed by atoms with Gasteiger partial charge in [-0.3, -0.25) is 20.4 Å². The SMILES string of the molecule is O=C(COC(=O)/C=C/c1ccsc1)NNC(=O)c1ccc(Cl)cc1. The van der Waals surface area contributed by atoms with Gasteiger partial charge in [-0.15, -0.1) is 0 Å². The number of ether oxygens (including phenoxy) is 1. The Morgan fingerprint density at radius 3 is 2.54 bits per heavy atom. The number of amides is 2. The number of halogens is 1. The van der Waals surface area contributed by atoms with Gasteiger partial charge in [0.1, 0.15) is 0 Å². The molecule has 24 heavy (non-hydrogen) atoms. The first-order valence-corrected chi connectivity index (χ1v) is 8.08. The Morgan fingerprint density at radius 1 is 1.12 bits per heavy atom. The summed E-state index contributed by atoms with van der Waals surface area (Å²) in [5, 5.41) is 4.24. The van der Waals surface area contributed by atoms with Crippen molar-refractivity contribution in [2.24, 2.45) is 0 Å². The smallest absolute Gasteiger partial charge is 0.331 e. The second-order valence-corrected chi connectivity index (χ2v) is 5.72. The zero-order valence-electron chi connectivity index (χ0n) is 12.3. The highest BCUT2D eigenvalue weighted by atomic mass is 35.5. The first kappa shape index (κ1) is 17.7. The topological polar surface area (TPSA) is 84.5 Å². The molecular formula is C16H13ClN2O4S. The summed E-state index contributed by atoms with van der Waals surface area (Å²) in [7, 11) is 0. The van der Waals surface area contributed by atoms with Gasteiger partial charge in [-0.2, -0.15) is 11.3 Å². The number of thiophene rings is 1. The van der Waals surface area contributed by atoms with Crippen LogP contribution in [0.2, 0.25) is 5.02 Å². The summed E-state index contributed by atoms with van der Waals surface area (Å²) in [6.07, 6.45) is 2.81. The van der Waals surface area contributed by atoms with E-state index in [1.807, 2.05) is 16.8 Å². The molecule has 0 aliphatic heterocycles. The maximum Gasteiger partial charge on any atom is 0.331 e. The maximum absolute atomic E-state index is 11.7. The third kappa shape index (κ3) is 5.86. The molecule has 0 radical (unpaired) electrons. The van der Waals surface area contributed by atoms with Crippen LogP contribution < -0.4 is 10.9 Å². The van der Waals surface area contributed by atoms with Crippen molar-refractivity contribution in [2.75, 3.05) is 6.61 Å². The van der Waals surface area contributed by atoms with Crippen molar-refractivity contribution < 1.29 is 19.1 Å². The number of esters is 1. The van der Waals surface area contributed by atoms with Crippen LogP contribution >= 0.6 is 22.9 Å². The average molecular weight is 365 g/mol. The normalized spacial score (nSPS) is 10.4. The van der Waals surface area contributed by atoms with E-state index in [0.717, 1.165) is 5.56 Å². The van der Waals surface area contributed by atoms with Crippen molar-refractivity contribution in [1.29, 1.82) is 0 Å². The maximum atomic E-state index is 11.7. The molecule has 1 aromatic heterocycles. The molecule has 2 amide bonds. The van der Waals surface area contributed by atoms with Crippen LogP contribution in [0, 0.1) is 0 Å². The molecule has 0 aliphatic carbocycles. The van der Waals surface area contributed by atoms with Crippen molar-refractivity contribution in [2.45, 2.75) is 0 Å². The molecule has 0 aliphatic rings. The molecule has 6 nitrogen and oxygen atoms in total. The van der Waals surface area contributed by atoms with Gasteiger partial charge in [0.15, 0.2) is 6.61 Å².